The molecule has 0 aliphatic rings. The van der Waals surface area contributed by atoms with E-state index < -0.39 is 0 Å². The van der Waals surface area contributed by atoms with Crippen LogP contribution in [0.1, 0.15) is 31.0 Å². The predicted molar refractivity (Wildman–Crippen MR) is 85.3 cm³/mol. The first-order chi connectivity index (χ1) is 9.40. The maximum Gasteiger partial charge on any atom is 0.150 e. The molecule has 0 unspecified atom stereocenters. The van der Waals surface area contributed by atoms with Crippen molar-refractivity contribution in [2.24, 2.45) is 7.05 Å². The molecule has 0 bridgehead atoms. The molecule has 0 saturated heterocycles. The summed E-state index contributed by atoms with van der Waals surface area (Å²) in [5.41, 5.74) is 9.13. The Balaban J connectivity index is 2.25. The number of nitrogens with zero attached hydrogens (tertiary/aromatic N) is 3. The summed E-state index contributed by atoms with van der Waals surface area (Å²) in [6.45, 7) is 4.96. The minimum Gasteiger partial charge on any atom is -0.394 e. The molecule has 2 rings (SSSR count). The maximum atomic E-state index is 6.24. The van der Waals surface area contributed by atoms with Crippen molar-refractivity contribution in [3.63, 3.8) is 0 Å². The summed E-state index contributed by atoms with van der Waals surface area (Å²) in [4.78, 5) is 2.11. The second-order valence-electron chi connectivity index (χ2n) is 5.38. The van der Waals surface area contributed by atoms with Crippen LogP contribution in [-0.2, 0) is 13.6 Å². The van der Waals surface area contributed by atoms with Crippen LogP contribution in [0.2, 0.25) is 5.02 Å². The Morgan fingerprint density at radius 2 is 1.90 bits per heavy atom. The van der Waals surface area contributed by atoms with Gasteiger partial charge in [0.15, 0.2) is 0 Å². The van der Waals surface area contributed by atoms with Crippen molar-refractivity contribution >= 4 is 23.1 Å². The lowest BCUT2D eigenvalue weighted by Crippen LogP contribution is -2.20. The molecule has 0 spiro atoms. The van der Waals surface area contributed by atoms with Crippen LogP contribution in [0.25, 0.3) is 0 Å². The molecule has 4 nitrogen and oxygen atoms in total. The number of aryl methyl sites for hydroxylation is 1. The Kier molecular flexibility index (Phi) is 4.23. The standard InChI is InChI=1S/C15H21ClN4/c1-10(2)14-13(17)15(20(4)18-14)19(3)9-11-5-7-12(16)8-6-11/h5-8,10H,9,17H2,1-4H3. The van der Waals surface area contributed by atoms with E-state index in [1.165, 1.54) is 5.56 Å². The molecule has 108 valence electrons. The van der Waals surface area contributed by atoms with Crippen molar-refractivity contribution in [1.82, 2.24) is 9.78 Å². The smallest absolute Gasteiger partial charge is 0.150 e. The molecule has 1 aromatic heterocycles. The van der Waals surface area contributed by atoms with Crippen LogP contribution in [0.3, 0.4) is 0 Å². The number of anilines is 2. The highest BCUT2D eigenvalue weighted by Gasteiger charge is 2.18. The molecular formula is C15H21ClN4. The van der Waals surface area contributed by atoms with Gasteiger partial charge in [-0.05, 0) is 23.6 Å². The van der Waals surface area contributed by atoms with Gasteiger partial charge in [0.25, 0.3) is 0 Å². The third kappa shape index (κ3) is 2.90. The zero-order chi connectivity index (χ0) is 14.9. The van der Waals surface area contributed by atoms with Gasteiger partial charge in [0.1, 0.15) is 5.82 Å². The summed E-state index contributed by atoms with van der Waals surface area (Å²) in [5, 5.41) is 5.26. The van der Waals surface area contributed by atoms with Crippen LogP contribution in [0, 0.1) is 0 Å². The summed E-state index contributed by atoms with van der Waals surface area (Å²) in [7, 11) is 3.95. The van der Waals surface area contributed by atoms with Crippen molar-refractivity contribution in [1.29, 1.82) is 0 Å². The monoisotopic (exact) mass is 292 g/mol. The average Bonchev–Trinajstić information content (AvgIpc) is 2.68. The first kappa shape index (κ1) is 14.7. The van der Waals surface area contributed by atoms with E-state index in [1.54, 1.807) is 0 Å². The zero-order valence-corrected chi connectivity index (χ0v) is 13.1. The fourth-order valence-corrected chi connectivity index (χ4v) is 2.50. The molecule has 0 aliphatic carbocycles. The molecule has 0 atom stereocenters. The van der Waals surface area contributed by atoms with Gasteiger partial charge in [-0.3, -0.25) is 4.68 Å². The number of hydrogen-bond donors (Lipinski definition) is 1. The number of aromatic nitrogens is 2. The van der Waals surface area contributed by atoms with Gasteiger partial charge in [-0.2, -0.15) is 5.10 Å². The SMILES string of the molecule is CC(C)c1nn(C)c(N(C)Cc2ccc(Cl)cc2)c1N. The van der Waals surface area contributed by atoms with Crippen molar-refractivity contribution in [3.05, 3.63) is 40.5 Å². The van der Waals surface area contributed by atoms with E-state index in [4.69, 9.17) is 17.3 Å². The summed E-state index contributed by atoms with van der Waals surface area (Å²) in [6, 6.07) is 7.84. The fraction of sp³-hybridized carbons (Fsp3) is 0.400. The van der Waals surface area contributed by atoms with Crippen LogP contribution >= 0.6 is 11.6 Å². The van der Waals surface area contributed by atoms with Crippen LogP contribution in [0.15, 0.2) is 24.3 Å². The zero-order valence-electron chi connectivity index (χ0n) is 12.4. The topological polar surface area (TPSA) is 47.1 Å². The summed E-state index contributed by atoms with van der Waals surface area (Å²) in [5.74, 6) is 1.27. The van der Waals surface area contributed by atoms with Crippen molar-refractivity contribution < 1.29 is 0 Å². The lowest BCUT2D eigenvalue weighted by molar-refractivity contribution is 0.698. The molecule has 2 aromatic rings. The predicted octanol–water partition coefficient (Wildman–Crippen LogP) is 3.42. The Labute approximate surface area is 125 Å². The highest BCUT2D eigenvalue weighted by Crippen LogP contribution is 2.30. The van der Waals surface area contributed by atoms with Gasteiger partial charge in [0.2, 0.25) is 0 Å². The van der Waals surface area contributed by atoms with Crippen LogP contribution in [0.5, 0.6) is 0 Å². The Morgan fingerprint density at radius 1 is 1.30 bits per heavy atom. The van der Waals surface area contributed by atoms with Crippen LogP contribution in [-0.4, -0.2) is 16.8 Å². The molecule has 0 aliphatic heterocycles. The van der Waals surface area contributed by atoms with E-state index in [2.05, 4.69) is 23.8 Å². The molecule has 1 heterocycles. The summed E-state index contributed by atoms with van der Waals surface area (Å²) < 4.78 is 1.85. The van der Waals surface area contributed by atoms with E-state index in [9.17, 15) is 0 Å². The largest absolute Gasteiger partial charge is 0.394 e. The summed E-state index contributed by atoms with van der Waals surface area (Å²) >= 11 is 5.91. The lowest BCUT2D eigenvalue weighted by Gasteiger charge is -2.20. The van der Waals surface area contributed by atoms with Crippen LogP contribution in [0.4, 0.5) is 11.5 Å². The molecule has 1 aromatic carbocycles. The molecule has 0 radical (unpaired) electrons. The highest BCUT2D eigenvalue weighted by atomic mass is 35.5. The third-order valence-electron chi connectivity index (χ3n) is 3.32. The maximum absolute atomic E-state index is 6.24. The Morgan fingerprint density at radius 3 is 2.40 bits per heavy atom. The quantitative estimate of drug-likeness (QED) is 0.939. The highest BCUT2D eigenvalue weighted by molar-refractivity contribution is 6.30. The van der Waals surface area contributed by atoms with Gasteiger partial charge in [-0.15, -0.1) is 0 Å². The van der Waals surface area contributed by atoms with E-state index in [0.29, 0.717) is 5.92 Å². The Bertz CT molecular complexity index is 587. The van der Waals surface area contributed by atoms with Gasteiger partial charge in [-0.25, -0.2) is 0 Å². The molecule has 5 heteroatoms. The van der Waals surface area contributed by atoms with Gasteiger partial charge >= 0.3 is 0 Å². The first-order valence-electron chi connectivity index (χ1n) is 6.68. The molecule has 2 N–H and O–H groups in total. The average molecular weight is 293 g/mol. The third-order valence-corrected chi connectivity index (χ3v) is 3.57. The van der Waals surface area contributed by atoms with Gasteiger partial charge in [-0.1, -0.05) is 37.6 Å². The van der Waals surface area contributed by atoms with Gasteiger partial charge < -0.3 is 10.6 Å². The second kappa shape index (κ2) is 5.75. The minimum atomic E-state index is 0.318. The van der Waals surface area contributed by atoms with Gasteiger partial charge in [0, 0.05) is 25.7 Å². The van der Waals surface area contributed by atoms with Crippen LogP contribution < -0.4 is 10.6 Å². The molecule has 0 amide bonds. The second-order valence-corrected chi connectivity index (χ2v) is 5.82. The van der Waals surface area contributed by atoms with Crippen molar-refractivity contribution in [3.8, 4) is 0 Å². The number of rotatable bonds is 4. The Hall–Kier alpha value is -1.68. The van der Waals surface area contributed by atoms with E-state index in [0.717, 1.165) is 28.8 Å². The molecule has 20 heavy (non-hydrogen) atoms. The minimum absolute atomic E-state index is 0.318. The molecule has 0 fully saturated rings. The first-order valence-corrected chi connectivity index (χ1v) is 7.06. The van der Waals surface area contributed by atoms with Gasteiger partial charge in [0.05, 0.1) is 11.4 Å². The number of nitrogen functional groups attached to an aromatic ring is 1. The van der Waals surface area contributed by atoms with E-state index in [-0.39, 0.29) is 0 Å². The summed E-state index contributed by atoms with van der Waals surface area (Å²) in [6.07, 6.45) is 0. The fourth-order valence-electron chi connectivity index (χ4n) is 2.37. The van der Waals surface area contributed by atoms with E-state index >= 15 is 0 Å². The number of nitrogens with two attached hydrogens (primary N) is 1. The van der Waals surface area contributed by atoms with Crippen molar-refractivity contribution in [2.75, 3.05) is 17.7 Å². The number of halogens is 1. The number of benzene rings is 1. The van der Waals surface area contributed by atoms with Crippen molar-refractivity contribution in [2.45, 2.75) is 26.3 Å². The molecular weight excluding hydrogens is 272 g/mol. The number of hydrogen-bond acceptors (Lipinski definition) is 3. The molecule has 0 saturated carbocycles. The normalized spacial score (nSPS) is 11.1. The van der Waals surface area contributed by atoms with E-state index in [1.807, 2.05) is 43.0 Å². The lowest BCUT2D eigenvalue weighted by atomic mass is 10.1.